The van der Waals surface area contributed by atoms with Gasteiger partial charge in [0.05, 0.1) is 11.0 Å². The molecule has 10 nitrogen and oxygen atoms in total. The van der Waals surface area contributed by atoms with E-state index in [0.717, 1.165) is 15.4 Å². The molecule has 1 aliphatic rings. The zero-order valence-corrected chi connectivity index (χ0v) is 18.2. The van der Waals surface area contributed by atoms with E-state index in [2.05, 4.69) is 5.32 Å². The van der Waals surface area contributed by atoms with Crippen molar-refractivity contribution in [1.29, 1.82) is 0 Å². The maximum atomic E-state index is 13.1. The van der Waals surface area contributed by atoms with Crippen LogP contribution in [-0.2, 0) is 24.3 Å². The zero-order chi connectivity index (χ0) is 22.6. The Morgan fingerprint density at radius 2 is 1.93 bits per heavy atom. The van der Waals surface area contributed by atoms with Crippen LogP contribution < -0.4 is 10.6 Å². The molecule has 0 spiro atoms. The molecule has 3 unspecified atom stereocenters. The topological polar surface area (TPSA) is 142 Å². The number of sulfonamides is 1. The van der Waals surface area contributed by atoms with E-state index in [1.807, 2.05) is 12.2 Å². The van der Waals surface area contributed by atoms with Crippen LogP contribution in [0.5, 0.6) is 0 Å². The molecule has 166 valence electrons. The molecule has 3 N–H and O–H groups in total. The molecule has 1 aliphatic heterocycles. The fourth-order valence-corrected chi connectivity index (χ4v) is 4.71. The smallest absolute Gasteiger partial charge is 0.325 e. The summed E-state index contributed by atoms with van der Waals surface area (Å²) in [6.45, 7) is 6.59. The summed E-state index contributed by atoms with van der Waals surface area (Å²) in [5.74, 6) is -1.83. The van der Waals surface area contributed by atoms with Crippen molar-refractivity contribution in [2.45, 2.75) is 57.3 Å². The van der Waals surface area contributed by atoms with E-state index in [4.69, 9.17) is 4.74 Å². The Kier molecular flexibility index (Phi) is 7.56. The minimum Gasteiger partial charge on any atom is -0.451 e. The number of carbonyl (C=O) groups is 3. The highest BCUT2D eigenvalue weighted by atomic mass is 32.2. The molecule has 0 aliphatic carbocycles. The number of aliphatic hydroxyl groups excluding tert-OH is 1. The quantitative estimate of drug-likeness (QED) is 0.536. The van der Waals surface area contributed by atoms with Crippen LogP contribution in [0.3, 0.4) is 0 Å². The predicted molar refractivity (Wildman–Crippen MR) is 107 cm³/mol. The van der Waals surface area contributed by atoms with Gasteiger partial charge in [-0.3, -0.25) is 14.9 Å². The molecule has 30 heavy (non-hydrogen) atoms. The van der Waals surface area contributed by atoms with E-state index in [0.29, 0.717) is 6.54 Å². The number of carbonyl (C=O) groups excluding carboxylic acids is 3. The van der Waals surface area contributed by atoms with Crippen molar-refractivity contribution in [2.75, 3.05) is 13.1 Å². The molecule has 2 rings (SSSR count). The Labute approximate surface area is 175 Å². The lowest BCUT2D eigenvalue weighted by molar-refractivity contribution is -0.157. The molecular weight excluding hydrogens is 414 g/mol. The van der Waals surface area contributed by atoms with E-state index >= 15 is 0 Å². The number of amides is 3. The summed E-state index contributed by atoms with van der Waals surface area (Å²) in [4.78, 5) is 36.0. The SMILES string of the molecule is CCNC(=O)NC(=O)C(C)OC(=O)C1CC(O)CN1S(=O)(=O)c1ccc(C)c(C)c1. The molecule has 3 amide bonds. The fraction of sp³-hybridized carbons (Fsp3) is 0.526. The first-order chi connectivity index (χ1) is 14.0. The number of hydrogen-bond donors (Lipinski definition) is 3. The highest BCUT2D eigenvalue weighted by Gasteiger charge is 2.45. The molecule has 3 atom stereocenters. The molecule has 0 radical (unpaired) electrons. The second-order valence-corrected chi connectivity index (χ2v) is 9.04. The average Bonchev–Trinajstić information content (AvgIpc) is 3.06. The maximum absolute atomic E-state index is 13.1. The molecular formula is C19H27N3O7S. The Hall–Kier alpha value is -2.50. The van der Waals surface area contributed by atoms with Gasteiger partial charge in [-0.15, -0.1) is 0 Å². The highest BCUT2D eigenvalue weighted by Crippen LogP contribution is 2.28. The maximum Gasteiger partial charge on any atom is 0.325 e. The van der Waals surface area contributed by atoms with Crippen molar-refractivity contribution in [1.82, 2.24) is 14.9 Å². The summed E-state index contributed by atoms with van der Waals surface area (Å²) >= 11 is 0. The van der Waals surface area contributed by atoms with Crippen molar-refractivity contribution in [3.63, 3.8) is 0 Å². The molecule has 1 saturated heterocycles. The Morgan fingerprint density at radius 3 is 2.53 bits per heavy atom. The zero-order valence-electron chi connectivity index (χ0n) is 17.3. The lowest BCUT2D eigenvalue weighted by Gasteiger charge is -2.24. The lowest BCUT2D eigenvalue weighted by atomic mass is 10.1. The van der Waals surface area contributed by atoms with E-state index in [-0.39, 0.29) is 17.9 Å². The number of imide groups is 1. The largest absolute Gasteiger partial charge is 0.451 e. The van der Waals surface area contributed by atoms with Gasteiger partial charge in [-0.05, 0) is 51.0 Å². The Bertz CT molecular complexity index is 932. The number of nitrogens with zero attached hydrogens (tertiary/aromatic N) is 1. The Morgan fingerprint density at radius 1 is 1.27 bits per heavy atom. The molecule has 1 heterocycles. The van der Waals surface area contributed by atoms with Crippen LogP contribution in [0.4, 0.5) is 4.79 Å². The first-order valence-electron chi connectivity index (χ1n) is 9.53. The number of aliphatic hydroxyl groups is 1. The van der Waals surface area contributed by atoms with Gasteiger partial charge in [0, 0.05) is 19.5 Å². The van der Waals surface area contributed by atoms with Crippen molar-refractivity contribution >= 4 is 27.9 Å². The van der Waals surface area contributed by atoms with Gasteiger partial charge in [-0.25, -0.2) is 13.2 Å². The third-order valence-electron chi connectivity index (χ3n) is 4.83. The van der Waals surface area contributed by atoms with Gasteiger partial charge in [-0.1, -0.05) is 6.07 Å². The van der Waals surface area contributed by atoms with Crippen LogP contribution in [0.15, 0.2) is 23.1 Å². The molecule has 0 saturated carbocycles. The summed E-state index contributed by atoms with van der Waals surface area (Å²) in [5, 5.41) is 14.4. The molecule has 0 aromatic heterocycles. The monoisotopic (exact) mass is 441 g/mol. The van der Waals surface area contributed by atoms with E-state index in [1.165, 1.54) is 19.1 Å². The normalized spacial score (nSPS) is 20.4. The van der Waals surface area contributed by atoms with Crippen molar-refractivity contribution in [2.24, 2.45) is 0 Å². The molecule has 1 aromatic rings. The van der Waals surface area contributed by atoms with Crippen LogP contribution >= 0.6 is 0 Å². The van der Waals surface area contributed by atoms with Crippen molar-refractivity contribution in [3.05, 3.63) is 29.3 Å². The van der Waals surface area contributed by atoms with Gasteiger partial charge >= 0.3 is 12.0 Å². The summed E-state index contributed by atoms with van der Waals surface area (Å²) in [6, 6.07) is 2.58. The molecule has 11 heteroatoms. The van der Waals surface area contributed by atoms with Gasteiger partial charge in [-0.2, -0.15) is 4.31 Å². The average molecular weight is 442 g/mol. The van der Waals surface area contributed by atoms with Crippen LogP contribution in [0.1, 0.15) is 31.4 Å². The van der Waals surface area contributed by atoms with Crippen molar-refractivity contribution < 1.29 is 32.6 Å². The van der Waals surface area contributed by atoms with Crippen LogP contribution in [-0.4, -0.2) is 67.1 Å². The van der Waals surface area contributed by atoms with Gasteiger partial charge in [0.15, 0.2) is 6.10 Å². The second kappa shape index (κ2) is 9.54. The van der Waals surface area contributed by atoms with E-state index in [9.17, 15) is 27.9 Å². The fourth-order valence-electron chi connectivity index (χ4n) is 3.00. The first-order valence-corrected chi connectivity index (χ1v) is 11.0. The van der Waals surface area contributed by atoms with Crippen LogP contribution in [0.25, 0.3) is 0 Å². The molecule has 1 fully saturated rings. The number of ether oxygens (including phenoxy) is 1. The second-order valence-electron chi connectivity index (χ2n) is 7.15. The lowest BCUT2D eigenvalue weighted by Crippen LogP contribution is -2.47. The first kappa shape index (κ1) is 23.8. The molecule has 1 aromatic carbocycles. The number of benzene rings is 1. The van der Waals surface area contributed by atoms with Gasteiger partial charge in [0.25, 0.3) is 5.91 Å². The predicted octanol–water partition coefficient (Wildman–Crippen LogP) is 0.205. The van der Waals surface area contributed by atoms with Crippen molar-refractivity contribution in [3.8, 4) is 0 Å². The summed E-state index contributed by atoms with van der Waals surface area (Å²) in [6.07, 6.45) is -2.54. The summed E-state index contributed by atoms with van der Waals surface area (Å²) < 4.78 is 32.1. The number of esters is 1. The van der Waals surface area contributed by atoms with Gasteiger partial charge in [0.2, 0.25) is 10.0 Å². The third kappa shape index (κ3) is 5.35. The minimum absolute atomic E-state index is 0.000437. The van der Waals surface area contributed by atoms with E-state index in [1.54, 1.807) is 19.9 Å². The highest BCUT2D eigenvalue weighted by molar-refractivity contribution is 7.89. The minimum atomic E-state index is -4.08. The number of hydrogen-bond acceptors (Lipinski definition) is 7. The van der Waals surface area contributed by atoms with Gasteiger partial charge < -0.3 is 15.2 Å². The number of β-amino-alcohol motifs (C(OH)–C–C–N with tert-alkyl or cyclic N) is 1. The standard InChI is InChI=1S/C19H27N3O7S/c1-5-20-19(26)21-17(24)13(4)29-18(25)16-9-14(23)10-22(16)30(27,28)15-7-6-11(2)12(3)8-15/h6-8,13-14,16,23H,5,9-10H2,1-4H3,(H2,20,21,24,26). The van der Waals surface area contributed by atoms with Crippen LogP contribution in [0.2, 0.25) is 0 Å². The molecule has 0 bridgehead atoms. The summed E-state index contributed by atoms with van der Waals surface area (Å²) in [5.41, 5.74) is 1.68. The number of aryl methyl sites for hydroxylation is 2. The third-order valence-corrected chi connectivity index (χ3v) is 6.70. The number of nitrogens with one attached hydrogen (secondary N) is 2. The van der Waals surface area contributed by atoms with E-state index < -0.39 is 46.2 Å². The number of urea groups is 1. The Balaban J connectivity index is 2.17. The summed E-state index contributed by atoms with van der Waals surface area (Å²) in [7, 11) is -4.08. The number of rotatable bonds is 6. The van der Waals surface area contributed by atoms with Crippen LogP contribution in [0, 0.1) is 13.8 Å². The van der Waals surface area contributed by atoms with Gasteiger partial charge in [0.1, 0.15) is 6.04 Å².